The van der Waals surface area contributed by atoms with Crippen molar-refractivity contribution in [3.63, 3.8) is 0 Å². The number of carboxylic acids is 1. The standard InChI is InChI=1S/C10H16N2O4/c1-3-12(5-4-9(14)15)7-6-8(13)11(2)10(7)16/h7H,3-6H2,1-2H3,(H,14,15). The number of imide groups is 1. The number of likely N-dealkylation sites (tertiary alicyclic amines) is 1. The first-order valence-electron chi connectivity index (χ1n) is 5.23. The van der Waals surface area contributed by atoms with E-state index in [1.54, 1.807) is 4.90 Å². The van der Waals surface area contributed by atoms with Crippen LogP contribution in [0.5, 0.6) is 0 Å². The number of carbonyl (C=O) groups is 3. The van der Waals surface area contributed by atoms with E-state index in [1.165, 1.54) is 7.05 Å². The molecule has 0 aromatic heterocycles. The van der Waals surface area contributed by atoms with Crippen LogP contribution in [0.1, 0.15) is 19.8 Å². The van der Waals surface area contributed by atoms with Crippen molar-refractivity contribution in [2.75, 3.05) is 20.1 Å². The predicted octanol–water partition coefficient (Wildman–Crippen LogP) is -0.460. The Morgan fingerprint density at radius 3 is 2.56 bits per heavy atom. The van der Waals surface area contributed by atoms with Crippen LogP contribution in [0.25, 0.3) is 0 Å². The van der Waals surface area contributed by atoms with Crippen molar-refractivity contribution in [2.24, 2.45) is 0 Å². The molecule has 1 aliphatic heterocycles. The molecule has 1 rings (SSSR count). The van der Waals surface area contributed by atoms with Gasteiger partial charge in [0.1, 0.15) is 0 Å². The van der Waals surface area contributed by atoms with Crippen molar-refractivity contribution >= 4 is 17.8 Å². The summed E-state index contributed by atoms with van der Waals surface area (Å²) in [5.74, 6) is -1.34. The van der Waals surface area contributed by atoms with Gasteiger partial charge >= 0.3 is 5.97 Å². The maximum atomic E-state index is 11.7. The molecule has 0 bridgehead atoms. The van der Waals surface area contributed by atoms with Gasteiger partial charge < -0.3 is 5.11 Å². The number of likely N-dealkylation sites (N-methyl/N-ethyl adjacent to an activating group) is 2. The van der Waals surface area contributed by atoms with Gasteiger partial charge in [0.25, 0.3) is 0 Å². The van der Waals surface area contributed by atoms with E-state index in [1.807, 2.05) is 6.92 Å². The van der Waals surface area contributed by atoms with Gasteiger partial charge in [-0.1, -0.05) is 6.92 Å². The van der Waals surface area contributed by atoms with Crippen molar-refractivity contribution in [2.45, 2.75) is 25.8 Å². The fourth-order valence-corrected chi connectivity index (χ4v) is 1.79. The molecule has 0 aromatic carbocycles. The molecule has 1 saturated heterocycles. The molecule has 1 heterocycles. The monoisotopic (exact) mass is 228 g/mol. The second-order valence-electron chi connectivity index (χ2n) is 3.78. The summed E-state index contributed by atoms with van der Waals surface area (Å²) in [6, 6.07) is -0.484. The molecule has 90 valence electrons. The number of rotatable bonds is 5. The summed E-state index contributed by atoms with van der Waals surface area (Å²) in [5, 5.41) is 8.58. The molecule has 2 amide bonds. The van der Waals surface area contributed by atoms with Gasteiger partial charge in [-0.05, 0) is 6.54 Å². The van der Waals surface area contributed by atoms with Crippen molar-refractivity contribution in [3.8, 4) is 0 Å². The van der Waals surface area contributed by atoms with E-state index in [9.17, 15) is 14.4 Å². The summed E-state index contributed by atoms with van der Waals surface area (Å²) in [4.78, 5) is 36.3. The van der Waals surface area contributed by atoms with Crippen LogP contribution >= 0.6 is 0 Å². The minimum Gasteiger partial charge on any atom is -0.481 e. The normalized spacial score (nSPS) is 20.9. The SMILES string of the molecule is CCN(CCC(=O)O)C1CC(=O)N(C)C1=O. The smallest absolute Gasteiger partial charge is 0.304 e. The van der Waals surface area contributed by atoms with E-state index >= 15 is 0 Å². The fraction of sp³-hybridized carbons (Fsp3) is 0.700. The van der Waals surface area contributed by atoms with E-state index in [2.05, 4.69) is 0 Å². The largest absolute Gasteiger partial charge is 0.481 e. The van der Waals surface area contributed by atoms with Crippen molar-refractivity contribution < 1.29 is 19.5 Å². The van der Waals surface area contributed by atoms with Gasteiger partial charge in [0.05, 0.1) is 18.9 Å². The Kier molecular flexibility index (Phi) is 4.00. The van der Waals surface area contributed by atoms with Gasteiger partial charge in [0, 0.05) is 13.6 Å². The van der Waals surface area contributed by atoms with Crippen LogP contribution in [0, 0.1) is 0 Å². The van der Waals surface area contributed by atoms with E-state index in [4.69, 9.17) is 5.11 Å². The summed E-state index contributed by atoms with van der Waals surface area (Å²) in [7, 11) is 1.45. The molecule has 0 aliphatic carbocycles. The fourth-order valence-electron chi connectivity index (χ4n) is 1.79. The third-order valence-corrected chi connectivity index (χ3v) is 2.82. The molecule has 6 heteroatoms. The second-order valence-corrected chi connectivity index (χ2v) is 3.78. The molecular weight excluding hydrogens is 212 g/mol. The van der Waals surface area contributed by atoms with Gasteiger partial charge in [0.15, 0.2) is 0 Å². The second kappa shape index (κ2) is 5.07. The molecule has 1 unspecified atom stereocenters. The van der Waals surface area contributed by atoms with Crippen molar-refractivity contribution in [3.05, 3.63) is 0 Å². The van der Waals surface area contributed by atoms with Crippen LogP contribution in [0.15, 0.2) is 0 Å². The molecule has 1 atom stereocenters. The highest BCUT2D eigenvalue weighted by atomic mass is 16.4. The van der Waals surface area contributed by atoms with Gasteiger partial charge in [-0.25, -0.2) is 0 Å². The molecule has 0 saturated carbocycles. The number of nitrogens with zero attached hydrogens (tertiary/aromatic N) is 2. The highest BCUT2D eigenvalue weighted by molar-refractivity contribution is 6.05. The average molecular weight is 228 g/mol. The average Bonchev–Trinajstić information content (AvgIpc) is 2.47. The number of aliphatic carboxylic acids is 1. The summed E-state index contributed by atoms with van der Waals surface area (Å²) >= 11 is 0. The maximum Gasteiger partial charge on any atom is 0.304 e. The minimum atomic E-state index is -0.899. The Morgan fingerprint density at radius 1 is 1.56 bits per heavy atom. The van der Waals surface area contributed by atoms with E-state index < -0.39 is 12.0 Å². The first-order valence-corrected chi connectivity index (χ1v) is 5.23. The van der Waals surface area contributed by atoms with Crippen LogP contribution in [-0.2, 0) is 14.4 Å². The molecule has 1 aliphatic rings. The molecule has 1 fully saturated rings. The minimum absolute atomic E-state index is 0.0183. The molecular formula is C10H16N2O4. The lowest BCUT2D eigenvalue weighted by molar-refractivity contribution is -0.140. The van der Waals surface area contributed by atoms with E-state index in [0.29, 0.717) is 13.1 Å². The summed E-state index contributed by atoms with van der Waals surface area (Å²) in [5.41, 5.74) is 0. The number of carbonyl (C=O) groups excluding carboxylic acids is 2. The van der Waals surface area contributed by atoms with Crippen LogP contribution in [0.3, 0.4) is 0 Å². The highest BCUT2D eigenvalue weighted by Gasteiger charge is 2.39. The van der Waals surface area contributed by atoms with Crippen LogP contribution in [0.4, 0.5) is 0 Å². The number of amides is 2. The quantitative estimate of drug-likeness (QED) is 0.644. The Hall–Kier alpha value is -1.43. The highest BCUT2D eigenvalue weighted by Crippen LogP contribution is 2.17. The zero-order chi connectivity index (χ0) is 12.3. The molecule has 1 N–H and O–H groups in total. The Bertz CT molecular complexity index is 316. The Labute approximate surface area is 93.8 Å². The van der Waals surface area contributed by atoms with Gasteiger partial charge in [-0.3, -0.25) is 24.2 Å². The van der Waals surface area contributed by atoms with Crippen LogP contribution < -0.4 is 0 Å². The molecule has 16 heavy (non-hydrogen) atoms. The Morgan fingerprint density at radius 2 is 2.19 bits per heavy atom. The first kappa shape index (κ1) is 12.6. The zero-order valence-corrected chi connectivity index (χ0v) is 9.47. The van der Waals surface area contributed by atoms with E-state index in [0.717, 1.165) is 4.90 Å². The van der Waals surface area contributed by atoms with Crippen LogP contribution in [0.2, 0.25) is 0 Å². The van der Waals surface area contributed by atoms with Crippen molar-refractivity contribution in [1.29, 1.82) is 0 Å². The molecule has 0 radical (unpaired) electrons. The summed E-state index contributed by atoms with van der Waals surface area (Å²) < 4.78 is 0. The van der Waals surface area contributed by atoms with E-state index in [-0.39, 0.29) is 24.7 Å². The predicted molar refractivity (Wildman–Crippen MR) is 55.7 cm³/mol. The zero-order valence-electron chi connectivity index (χ0n) is 9.47. The lowest BCUT2D eigenvalue weighted by atomic mass is 10.2. The lowest BCUT2D eigenvalue weighted by Gasteiger charge is -2.24. The molecule has 0 aromatic rings. The Balaban J connectivity index is 2.63. The summed E-state index contributed by atoms with van der Waals surface area (Å²) in [6.07, 6.45) is 0.137. The van der Waals surface area contributed by atoms with Crippen LogP contribution in [-0.4, -0.2) is 58.9 Å². The third-order valence-electron chi connectivity index (χ3n) is 2.82. The molecule has 0 spiro atoms. The summed E-state index contributed by atoms with van der Waals surface area (Å²) in [6.45, 7) is 2.70. The molecule has 6 nitrogen and oxygen atoms in total. The first-order chi connectivity index (χ1) is 7.47. The maximum absolute atomic E-state index is 11.7. The number of hydrogen-bond donors (Lipinski definition) is 1. The third kappa shape index (κ3) is 2.57. The van der Waals surface area contributed by atoms with Gasteiger partial charge in [-0.15, -0.1) is 0 Å². The topological polar surface area (TPSA) is 77.9 Å². The van der Waals surface area contributed by atoms with Crippen molar-refractivity contribution in [1.82, 2.24) is 9.80 Å². The number of hydrogen-bond acceptors (Lipinski definition) is 4. The van der Waals surface area contributed by atoms with Gasteiger partial charge in [-0.2, -0.15) is 0 Å². The van der Waals surface area contributed by atoms with Gasteiger partial charge in [0.2, 0.25) is 11.8 Å². The number of carboxylic acid groups (broad SMARTS) is 1. The lowest BCUT2D eigenvalue weighted by Crippen LogP contribution is -2.42.